The molecule has 31 heavy (non-hydrogen) atoms. The molecule has 2 heterocycles. The lowest BCUT2D eigenvalue weighted by Crippen LogP contribution is -2.48. The summed E-state index contributed by atoms with van der Waals surface area (Å²) in [7, 11) is -3.65. The van der Waals surface area contributed by atoms with E-state index >= 15 is 0 Å². The fraction of sp³-hybridized carbons (Fsp3) is 0.450. The Hall–Kier alpha value is -1.72. The Morgan fingerprint density at radius 3 is 2.52 bits per heavy atom. The quantitative estimate of drug-likeness (QED) is 0.472. The third kappa shape index (κ3) is 5.95. The van der Waals surface area contributed by atoms with E-state index in [4.69, 9.17) is 16.3 Å². The lowest BCUT2D eigenvalue weighted by molar-refractivity contribution is -0.0440. The van der Waals surface area contributed by atoms with Crippen LogP contribution in [-0.2, 0) is 14.8 Å². The van der Waals surface area contributed by atoms with Crippen molar-refractivity contribution < 1.29 is 17.9 Å². The second-order valence-electron chi connectivity index (χ2n) is 7.26. The Bertz CT molecular complexity index is 1020. The fourth-order valence-corrected chi connectivity index (χ4v) is 5.59. The van der Waals surface area contributed by atoms with Gasteiger partial charge in [0.15, 0.2) is 10.9 Å². The van der Waals surface area contributed by atoms with Gasteiger partial charge in [-0.05, 0) is 44.5 Å². The maximum absolute atomic E-state index is 12.9. The van der Waals surface area contributed by atoms with Gasteiger partial charge in [-0.3, -0.25) is 4.79 Å². The molecule has 1 saturated heterocycles. The van der Waals surface area contributed by atoms with Crippen LogP contribution in [0.4, 0.5) is 5.69 Å². The van der Waals surface area contributed by atoms with Crippen molar-refractivity contribution in [3.05, 3.63) is 41.2 Å². The van der Waals surface area contributed by atoms with Gasteiger partial charge in [0, 0.05) is 24.5 Å². The SMILES string of the molecule is CCCSc1ncc(Cl)c(C(=O)Nc2ccc(S(=O)(=O)N3C[C@@H](C)O[C@@H](C)C3)cc2)n1. The summed E-state index contributed by atoms with van der Waals surface area (Å²) >= 11 is 7.54. The van der Waals surface area contributed by atoms with E-state index in [9.17, 15) is 13.2 Å². The van der Waals surface area contributed by atoms with Crippen LogP contribution in [-0.4, -0.2) is 59.6 Å². The van der Waals surface area contributed by atoms with Crippen LogP contribution in [0.2, 0.25) is 5.02 Å². The number of carbonyl (C=O) groups is 1. The maximum Gasteiger partial charge on any atom is 0.275 e. The van der Waals surface area contributed by atoms with Crippen LogP contribution in [0, 0.1) is 0 Å². The predicted octanol–water partition coefficient (Wildman–Crippen LogP) is 3.68. The van der Waals surface area contributed by atoms with Crippen molar-refractivity contribution in [3.8, 4) is 0 Å². The van der Waals surface area contributed by atoms with E-state index in [0.29, 0.717) is 23.9 Å². The molecule has 0 spiro atoms. The number of benzene rings is 1. The monoisotopic (exact) mass is 484 g/mol. The van der Waals surface area contributed by atoms with Gasteiger partial charge in [-0.15, -0.1) is 0 Å². The van der Waals surface area contributed by atoms with Crippen LogP contribution in [0.25, 0.3) is 0 Å². The van der Waals surface area contributed by atoms with E-state index in [1.165, 1.54) is 34.4 Å². The summed E-state index contributed by atoms with van der Waals surface area (Å²) in [6, 6.07) is 6.03. The highest BCUT2D eigenvalue weighted by Gasteiger charge is 2.32. The van der Waals surface area contributed by atoms with Gasteiger partial charge in [0.1, 0.15) is 0 Å². The summed E-state index contributed by atoms with van der Waals surface area (Å²) in [6.45, 7) is 6.34. The van der Waals surface area contributed by atoms with Gasteiger partial charge in [0.05, 0.1) is 28.3 Å². The van der Waals surface area contributed by atoms with Gasteiger partial charge in [-0.25, -0.2) is 18.4 Å². The highest BCUT2D eigenvalue weighted by molar-refractivity contribution is 7.99. The number of hydrogen-bond acceptors (Lipinski definition) is 7. The highest BCUT2D eigenvalue weighted by Crippen LogP contribution is 2.24. The zero-order valence-electron chi connectivity index (χ0n) is 17.5. The number of thioether (sulfide) groups is 1. The number of rotatable bonds is 7. The lowest BCUT2D eigenvalue weighted by Gasteiger charge is -2.34. The lowest BCUT2D eigenvalue weighted by atomic mass is 10.3. The summed E-state index contributed by atoms with van der Waals surface area (Å²) in [6.07, 6.45) is 2.02. The van der Waals surface area contributed by atoms with Crippen molar-refractivity contribution in [3.63, 3.8) is 0 Å². The Balaban J connectivity index is 1.73. The molecule has 1 amide bonds. The molecule has 11 heteroatoms. The number of morpholine rings is 1. The molecular formula is C20H25ClN4O4S2. The van der Waals surface area contributed by atoms with Gasteiger partial charge in [-0.2, -0.15) is 4.31 Å². The Morgan fingerprint density at radius 1 is 1.26 bits per heavy atom. The first-order valence-corrected chi connectivity index (χ1v) is 12.7. The van der Waals surface area contributed by atoms with E-state index in [0.717, 1.165) is 12.2 Å². The van der Waals surface area contributed by atoms with Crippen LogP contribution in [0.5, 0.6) is 0 Å². The molecule has 2 atom stereocenters. The molecule has 1 aliphatic heterocycles. The van der Waals surface area contributed by atoms with Crippen LogP contribution in [0.1, 0.15) is 37.7 Å². The molecule has 3 rings (SSSR count). The van der Waals surface area contributed by atoms with Crippen molar-refractivity contribution in [2.75, 3.05) is 24.2 Å². The third-order valence-electron chi connectivity index (χ3n) is 4.51. The van der Waals surface area contributed by atoms with Gasteiger partial charge in [-0.1, -0.05) is 30.3 Å². The maximum atomic E-state index is 12.9. The molecule has 1 aromatic carbocycles. The topological polar surface area (TPSA) is 101 Å². The zero-order chi connectivity index (χ0) is 22.6. The summed E-state index contributed by atoms with van der Waals surface area (Å²) in [5.74, 6) is 0.344. The highest BCUT2D eigenvalue weighted by atomic mass is 35.5. The molecule has 1 aliphatic rings. The zero-order valence-corrected chi connectivity index (χ0v) is 19.9. The first kappa shape index (κ1) is 23.9. The number of hydrogen-bond donors (Lipinski definition) is 1. The number of carbonyl (C=O) groups excluding carboxylic acids is 1. The number of amides is 1. The Morgan fingerprint density at radius 2 is 1.90 bits per heavy atom. The van der Waals surface area contributed by atoms with E-state index in [1.54, 1.807) is 12.1 Å². The smallest absolute Gasteiger partial charge is 0.275 e. The fourth-order valence-electron chi connectivity index (χ4n) is 3.15. The number of halogens is 1. The summed E-state index contributed by atoms with van der Waals surface area (Å²) in [5.41, 5.74) is 0.508. The molecule has 0 saturated carbocycles. The largest absolute Gasteiger partial charge is 0.373 e. The molecule has 1 N–H and O–H groups in total. The molecule has 1 aromatic heterocycles. The van der Waals surface area contributed by atoms with Crippen LogP contribution in [0.3, 0.4) is 0 Å². The standard InChI is InChI=1S/C20H25ClN4O4S2/c1-4-9-30-20-22-10-17(21)18(24-20)19(26)23-15-5-7-16(8-6-15)31(27,28)25-11-13(2)29-14(3)12-25/h5-8,10,13-14H,4,9,11-12H2,1-3H3,(H,23,26)/t13-,14+. The van der Waals surface area contributed by atoms with E-state index in [2.05, 4.69) is 15.3 Å². The van der Waals surface area contributed by atoms with Crippen LogP contribution in [0.15, 0.2) is 40.5 Å². The number of nitrogens with zero attached hydrogens (tertiary/aromatic N) is 3. The molecule has 0 unspecified atom stereocenters. The molecule has 0 bridgehead atoms. The molecular weight excluding hydrogens is 460 g/mol. The molecule has 2 aromatic rings. The second-order valence-corrected chi connectivity index (χ2v) is 10.7. The third-order valence-corrected chi connectivity index (χ3v) is 7.70. The van der Waals surface area contributed by atoms with Crippen molar-refractivity contribution >= 4 is 45.0 Å². The number of ether oxygens (including phenoxy) is 1. The van der Waals surface area contributed by atoms with Crippen LogP contribution >= 0.6 is 23.4 Å². The second kappa shape index (κ2) is 10.3. The number of nitrogens with one attached hydrogen (secondary N) is 1. The first-order chi connectivity index (χ1) is 14.7. The van der Waals surface area contributed by atoms with Gasteiger partial charge >= 0.3 is 0 Å². The number of aromatic nitrogens is 2. The van der Waals surface area contributed by atoms with Gasteiger partial charge in [0.25, 0.3) is 5.91 Å². The molecule has 0 aliphatic carbocycles. The van der Waals surface area contributed by atoms with E-state index < -0.39 is 15.9 Å². The number of anilines is 1. The number of sulfonamides is 1. The predicted molar refractivity (Wildman–Crippen MR) is 121 cm³/mol. The summed E-state index contributed by atoms with van der Waals surface area (Å²) in [4.78, 5) is 21.1. The molecule has 8 nitrogen and oxygen atoms in total. The van der Waals surface area contributed by atoms with Crippen molar-refractivity contribution in [2.45, 2.75) is 49.5 Å². The molecule has 168 valence electrons. The minimum atomic E-state index is -3.65. The van der Waals surface area contributed by atoms with Crippen molar-refractivity contribution in [2.24, 2.45) is 0 Å². The van der Waals surface area contributed by atoms with Crippen LogP contribution < -0.4 is 5.32 Å². The summed E-state index contributed by atoms with van der Waals surface area (Å²) in [5, 5.41) is 3.33. The Labute approximate surface area is 191 Å². The Kier molecular flexibility index (Phi) is 7.92. The first-order valence-electron chi connectivity index (χ1n) is 9.93. The molecule has 1 fully saturated rings. The van der Waals surface area contributed by atoms with E-state index in [1.807, 2.05) is 20.8 Å². The van der Waals surface area contributed by atoms with Gasteiger partial charge < -0.3 is 10.1 Å². The van der Waals surface area contributed by atoms with Gasteiger partial charge in [0.2, 0.25) is 10.0 Å². The average molecular weight is 485 g/mol. The minimum Gasteiger partial charge on any atom is -0.373 e. The van der Waals surface area contributed by atoms with Crippen molar-refractivity contribution in [1.82, 2.24) is 14.3 Å². The van der Waals surface area contributed by atoms with Crippen molar-refractivity contribution in [1.29, 1.82) is 0 Å². The molecule has 0 radical (unpaired) electrons. The average Bonchev–Trinajstić information content (AvgIpc) is 2.72. The summed E-state index contributed by atoms with van der Waals surface area (Å²) < 4.78 is 32.9. The normalized spacial score (nSPS) is 19.9. The van der Waals surface area contributed by atoms with E-state index in [-0.39, 0.29) is 27.8 Å². The minimum absolute atomic E-state index is 0.0725.